The summed E-state index contributed by atoms with van der Waals surface area (Å²) in [6, 6.07) is 84.8. The van der Waals surface area contributed by atoms with Gasteiger partial charge in [0.2, 0.25) is 0 Å². The van der Waals surface area contributed by atoms with Crippen LogP contribution in [0.1, 0.15) is 50.1 Å². The summed E-state index contributed by atoms with van der Waals surface area (Å²) in [5.41, 5.74) is 26.1. The Bertz CT molecular complexity index is 3390. The Kier molecular flexibility index (Phi) is 9.15. The summed E-state index contributed by atoms with van der Waals surface area (Å²) in [6.45, 7) is 0. The number of rotatable bonds is 5. The fourth-order valence-electron chi connectivity index (χ4n) is 11.8. The first kappa shape index (κ1) is 40.0. The van der Waals surface area contributed by atoms with Crippen molar-refractivity contribution in [2.24, 2.45) is 0 Å². The lowest BCUT2D eigenvalue weighted by atomic mass is 9.87. The predicted molar refractivity (Wildman–Crippen MR) is 287 cm³/mol. The Labute approximate surface area is 408 Å². The van der Waals surface area contributed by atoms with Crippen LogP contribution in [0, 0.1) is 11.3 Å². The Balaban J connectivity index is 1.24. The van der Waals surface area contributed by atoms with Crippen molar-refractivity contribution in [3.05, 3.63) is 275 Å². The maximum absolute atomic E-state index is 10.4. The van der Waals surface area contributed by atoms with Gasteiger partial charge in [-0.05, 0) is 117 Å². The van der Waals surface area contributed by atoms with Crippen LogP contribution in [0.2, 0.25) is 0 Å². The first-order valence-electron chi connectivity index (χ1n) is 24.3. The van der Waals surface area contributed by atoms with Gasteiger partial charge < -0.3 is 19.6 Å². The van der Waals surface area contributed by atoms with Gasteiger partial charge in [-0.25, -0.2) is 0 Å². The summed E-state index contributed by atoms with van der Waals surface area (Å²) >= 11 is 0. The van der Waals surface area contributed by atoms with E-state index in [9.17, 15) is 5.26 Å². The summed E-state index contributed by atoms with van der Waals surface area (Å²) in [7, 11) is 0. The minimum Gasteiger partial charge on any atom is -0.308 e. The van der Waals surface area contributed by atoms with Crippen LogP contribution in [0.3, 0.4) is 0 Å². The molecule has 10 aromatic carbocycles. The Morgan fingerprint density at radius 1 is 0.271 bits per heavy atom. The van der Waals surface area contributed by atoms with Crippen molar-refractivity contribution in [1.82, 2.24) is 0 Å². The fraction of sp³-hybridized carbons (Fsp3) is 0.0615. The molecule has 0 bridgehead atoms. The molecule has 0 unspecified atom stereocenters. The van der Waals surface area contributed by atoms with E-state index >= 15 is 0 Å². The van der Waals surface area contributed by atoms with E-state index < -0.39 is 0 Å². The van der Waals surface area contributed by atoms with Crippen LogP contribution < -0.4 is 19.6 Å². The highest BCUT2D eigenvalue weighted by atomic mass is 15.3. The molecule has 4 aliphatic heterocycles. The summed E-state index contributed by atoms with van der Waals surface area (Å²) in [5.74, 6) is 0. The number of hydrogen-bond acceptors (Lipinski definition) is 5. The molecule has 5 nitrogen and oxygen atoms in total. The monoisotopic (exact) mass is 895 g/mol. The average Bonchev–Trinajstić information content (AvgIpc) is 3.42. The van der Waals surface area contributed by atoms with Crippen LogP contribution in [0.25, 0.3) is 11.1 Å². The van der Waals surface area contributed by atoms with E-state index in [2.05, 4.69) is 238 Å². The quantitative estimate of drug-likeness (QED) is 0.172. The largest absolute Gasteiger partial charge is 0.308 e. The lowest BCUT2D eigenvalue weighted by Crippen LogP contribution is -2.28. The lowest BCUT2D eigenvalue weighted by molar-refractivity contribution is 1.05. The molecule has 0 fully saturated rings. The third-order valence-electron chi connectivity index (χ3n) is 14.8. The molecule has 14 rings (SSSR count). The zero-order chi connectivity index (χ0) is 46.3. The second kappa shape index (κ2) is 16.0. The number of hydrogen-bond donors (Lipinski definition) is 0. The predicted octanol–water partition coefficient (Wildman–Crippen LogP) is 16.7. The number of anilines is 12. The third kappa shape index (κ3) is 6.17. The molecular formula is C65H45N5. The third-order valence-corrected chi connectivity index (χ3v) is 14.8. The molecule has 4 aliphatic rings. The van der Waals surface area contributed by atoms with Crippen molar-refractivity contribution < 1.29 is 0 Å². The SMILES string of the molecule is N#Cc1ccc(-c2c(N3c4ccccc4Cc4ccccc43)c(N3c4ccccc4Cc4ccccc43)cc(N3c4ccccc4Cc4ccccc43)c2N2c3ccccc3Cc3ccccc32)cc1. The fourth-order valence-corrected chi connectivity index (χ4v) is 11.8. The summed E-state index contributed by atoms with van der Waals surface area (Å²) in [6.07, 6.45) is 3.29. The van der Waals surface area contributed by atoms with Crippen molar-refractivity contribution in [2.75, 3.05) is 19.6 Å². The number of nitrogens with zero attached hydrogens (tertiary/aromatic N) is 5. The van der Waals surface area contributed by atoms with E-state index in [1.165, 1.54) is 44.5 Å². The van der Waals surface area contributed by atoms with Gasteiger partial charge >= 0.3 is 0 Å². The number of benzene rings is 10. The normalized spacial score (nSPS) is 13.6. The second-order valence-electron chi connectivity index (χ2n) is 18.8. The molecule has 0 saturated heterocycles. The minimum atomic E-state index is 0.614. The first-order valence-corrected chi connectivity index (χ1v) is 24.3. The second-order valence-corrected chi connectivity index (χ2v) is 18.8. The Morgan fingerprint density at radius 3 is 0.771 bits per heavy atom. The van der Waals surface area contributed by atoms with Gasteiger partial charge in [-0.3, -0.25) is 0 Å². The molecule has 0 N–H and O–H groups in total. The number of nitriles is 1. The summed E-state index contributed by atoms with van der Waals surface area (Å²) in [5, 5.41) is 10.4. The van der Waals surface area contributed by atoms with Crippen molar-refractivity contribution in [1.29, 1.82) is 5.26 Å². The van der Waals surface area contributed by atoms with Crippen LogP contribution in [0.5, 0.6) is 0 Å². The standard InChI is InChI=1S/C65H45N5/c66-42-43-33-35-44(36-34-43)63-64(69-57-29-13-5-21-49(57)39-50-22-6-14-30-58(50)69)61(67-53-25-9-1-17-45(53)37-46-18-2-10-26-54(46)67)41-62(68-55-27-11-3-19-47(55)38-48-20-4-12-28-56(48)68)65(63)70-59-31-15-7-23-51(59)40-52-24-8-16-32-60(52)70/h1-36,41H,37-40H2. The average molecular weight is 896 g/mol. The van der Waals surface area contributed by atoms with Gasteiger partial charge in [0, 0.05) is 76.7 Å². The van der Waals surface area contributed by atoms with Crippen LogP contribution in [-0.4, -0.2) is 0 Å². The van der Waals surface area contributed by atoms with Crippen LogP contribution >= 0.6 is 0 Å². The molecular weight excluding hydrogens is 851 g/mol. The van der Waals surface area contributed by atoms with E-state index in [4.69, 9.17) is 0 Å². The molecule has 4 heterocycles. The van der Waals surface area contributed by atoms with E-state index in [0.717, 1.165) is 105 Å². The van der Waals surface area contributed by atoms with Crippen LogP contribution in [0.15, 0.2) is 224 Å². The topological polar surface area (TPSA) is 36.8 Å². The zero-order valence-electron chi connectivity index (χ0n) is 38.4. The van der Waals surface area contributed by atoms with Crippen LogP contribution in [-0.2, 0) is 25.7 Å². The van der Waals surface area contributed by atoms with Gasteiger partial charge in [0.1, 0.15) is 0 Å². The first-order chi connectivity index (χ1) is 34.7. The van der Waals surface area contributed by atoms with Crippen molar-refractivity contribution in [3.63, 3.8) is 0 Å². The molecule has 0 radical (unpaired) electrons. The van der Waals surface area contributed by atoms with Gasteiger partial charge in [0.15, 0.2) is 0 Å². The minimum absolute atomic E-state index is 0.614. The molecule has 0 aliphatic carbocycles. The van der Waals surface area contributed by atoms with Gasteiger partial charge in [-0.2, -0.15) is 5.26 Å². The van der Waals surface area contributed by atoms with E-state index in [1.54, 1.807) is 0 Å². The number of para-hydroxylation sites is 8. The van der Waals surface area contributed by atoms with Crippen molar-refractivity contribution in [2.45, 2.75) is 25.7 Å². The van der Waals surface area contributed by atoms with Gasteiger partial charge in [0.25, 0.3) is 0 Å². The maximum atomic E-state index is 10.4. The molecule has 0 atom stereocenters. The molecule has 5 heteroatoms. The van der Waals surface area contributed by atoms with Crippen molar-refractivity contribution in [3.8, 4) is 17.2 Å². The van der Waals surface area contributed by atoms with Crippen LogP contribution in [0.4, 0.5) is 68.2 Å². The van der Waals surface area contributed by atoms with E-state index in [1.807, 2.05) is 12.1 Å². The Hall–Kier alpha value is -9.11. The zero-order valence-corrected chi connectivity index (χ0v) is 38.4. The molecule has 0 aromatic heterocycles. The Morgan fingerprint density at radius 2 is 0.514 bits per heavy atom. The highest BCUT2D eigenvalue weighted by Crippen LogP contribution is 2.63. The van der Waals surface area contributed by atoms with E-state index in [-0.39, 0.29) is 0 Å². The highest BCUT2D eigenvalue weighted by Gasteiger charge is 2.40. The summed E-state index contributed by atoms with van der Waals surface area (Å²) < 4.78 is 0. The smallest absolute Gasteiger partial charge is 0.0991 e. The molecule has 0 saturated carbocycles. The van der Waals surface area contributed by atoms with Crippen molar-refractivity contribution >= 4 is 68.2 Å². The summed E-state index contributed by atoms with van der Waals surface area (Å²) in [4.78, 5) is 10.2. The molecule has 0 spiro atoms. The lowest BCUT2D eigenvalue weighted by Gasteiger charge is -2.45. The van der Waals surface area contributed by atoms with Gasteiger partial charge in [0.05, 0.1) is 34.4 Å². The molecule has 70 heavy (non-hydrogen) atoms. The highest BCUT2D eigenvalue weighted by molar-refractivity contribution is 6.13. The van der Waals surface area contributed by atoms with E-state index in [0.29, 0.717) is 5.56 Å². The molecule has 10 aromatic rings. The van der Waals surface area contributed by atoms with Gasteiger partial charge in [-0.15, -0.1) is 0 Å². The maximum Gasteiger partial charge on any atom is 0.0991 e. The number of fused-ring (bicyclic) bond motifs is 8. The molecule has 330 valence electrons. The molecule has 0 amide bonds. The van der Waals surface area contributed by atoms with Gasteiger partial charge in [-0.1, -0.05) is 158 Å².